The van der Waals surface area contributed by atoms with Gasteiger partial charge in [-0.25, -0.2) is 4.39 Å². The Labute approximate surface area is 148 Å². The van der Waals surface area contributed by atoms with Gasteiger partial charge in [-0.3, -0.25) is 9.59 Å². The van der Waals surface area contributed by atoms with Crippen molar-refractivity contribution in [3.63, 3.8) is 0 Å². The maximum Gasteiger partial charge on any atom is 0.307 e. The van der Waals surface area contributed by atoms with Crippen molar-refractivity contribution in [3.8, 4) is 0 Å². The van der Waals surface area contributed by atoms with E-state index in [-0.39, 0.29) is 17.0 Å². The molecule has 1 unspecified atom stereocenters. The molecule has 0 spiro atoms. The number of carbonyl (C=O) groups is 2. The van der Waals surface area contributed by atoms with Crippen LogP contribution in [0, 0.1) is 5.82 Å². The quantitative estimate of drug-likeness (QED) is 0.804. The third-order valence-corrected chi connectivity index (χ3v) is 3.84. The number of methoxy groups -OCH3 is 1. The summed E-state index contributed by atoms with van der Waals surface area (Å²) in [4.78, 5) is 24.0. The Morgan fingerprint density at radius 1 is 1.12 bits per heavy atom. The molecular formula is C17H14Cl2FNO3. The number of carbonyl (C=O) groups excluding carboxylic acids is 2. The lowest BCUT2D eigenvalue weighted by Crippen LogP contribution is -2.31. The van der Waals surface area contributed by atoms with Crippen molar-refractivity contribution in [2.24, 2.45) is 0 Å². The predicted molar refractivity (Wildman–Crippen MR) is 89.7 cm³/mol. The number of hydrogen-bond acceptors (Lipinski definition) is 3. The molecular weight excluding hydrogens is 356 g/mol. The summed E-state index contributed by atoms with van der Waals surface area (Å²) >= 11 is 11.6. The number of benzene rings is 2. The van der Waals surface area contributed by atoms with Crippen LogP contribution in [-0.4, -0.2) is 19.0 Å². The Balaban J connectivity index is 2.27. The fraction of sp³-hybridized carbons (Fsp3) is 0.176. The molecule has 2 aromatic rings. The van der Waals surface area contributed by atoms with Crippen LogP contribution in [0.2, 0.25) is 10.0 Å². The van der Waals surface area contributed by atoms with E-state index in [1.54, 1.807) is 24.3 Å². The zero-order chi connectivity index (χ0) is 17.7. The highest BCUT2D eigenvalue weighted by molar-refractivity contribution is 6.31. The monoisotopic (exact) mass is 369 g/mol. The molecule has 126 valence electrons. The minimum absolute atomic E-state index is 0.105. The number of rotatable bonds is 5. The summed E-state index contributed by atoms with van der Waals surface area (Å²) in [7, 11) is 1.25. The van der Waals surface area contributed by atoms with Gasteiger partial charge in [-0.15, -0.1) is 0 Å². The van der Waals surface area contributed by atoms with E-state index < -0.39 is 23.7 Å². The minimum atomic E-state index is -0.704. The topological polar surface area (TPSA) is 55.4 Å². The number of amides is 1. The fourth-order valence-electron chi connectivity index (χ4n) is 2.10. The number of halogens is 3. The highest BCUT2D eigenvalue weighted by Gasteiger charge is 2.21. The number of nitrogens with one attached hydrogen (secondary N) is 1. The number of ether oxygens (including phenoxy) is 1. The zero-order valence-electron chi connectivity index (χ0n) is 12.7. The van der Waals surface area contributed by atoms with Crippen LogP contribution in [0.1, 0.15) is 28.4 Å². The van der Waals surface area contributed by atoms with Gasteiger partial charge < -0.3 is 10.1 Å². The highest BCUT2D eigenvalue weighted by Crippen LogP contribution is 2.22. The van der Waals surface area contributed by atoms with Gasteiger partial charge in [-0.05, 0) is 35.9 Å². The summed E-state index contributed by atoms with van der Waals surface area (Å²) in [6.07, 6.45) is -0.105. The second-order valence-electron chi connectivity index (χ2n) is 4.98. The van der Waals surface area contributed by atoms with Crippen LogP contribution in [0.3, 0.4) is 0 Å². The molecule has 0 aromatic heterocycles. The molecule has 1 atom stereocenters. The van der Waals surface area contributed by atoms with Gasteiger partial charge in [-0.2, -0.15) is 0 Å². The molecule has 0 aliphatic rings. The van der Waals surface area contributed by atoms with Crippen LogP contribution < -0.4 is 5.32 Å². The fourth-order valence-corrected chi connectivity index (χ4v) is 2.40. The molecule has 1 amide bonds. The van der Waals surface area contributed by atoms with Crippen molar-refractivity contribution in [2.45, 2.75) is 12.5 Å². The van der Waals surface area contributed by atoms with Gasteiger partial charge in [0.2, 0.25) is 0 Å². The second kappa shape index (κ2) is 8.13. The zero-order valence-corrected chi connectivity index (χ0v) is 14.2. The Morgan fingerprint density at radius 3 is 2.38 bits per heavy atom. The number of esters is 1. The van der Waals surface area contributed by atoms with Crippen molar-refractivity contribution in [1.82, 2.24) is 5.32 Å². The molecule has 1 N–H and O–H groups in total. The first kappa shape index (κ1) is 18.2. The molecule has 7 heteroatoms. The molecule has 0 saturated heterocycles. The van der Waals surface area contributed by atoms with Crippen LogP contribution in [0.15, 0.2) is 42.5 Å². The lowest BCUT2D eigenvalue weighted by atomic mass is 10.0. The summed E-state index contributed by atoms with van der Waals surface area (Å²) < 4.78 is 18.5. The molecule has 0 aliphatic heterocycles. The van der Waals surface area contributed by atoms with Crippen molar-refractivity contribution < 1.29 is 18.7 Å². The van der Waals surface area contributed by atoms with E-state index in [9.17, 15) is 14.0 Å². The molecule has 4 nitrogen and oxygen atoms in total. The van der Waals surface area contributed by atoms with Gasteiger partial charge in [0.1, 0.15) is 5.82 Å². The van der Waals surface area contributed by atoms with Crippen molar-refractivity contribution in [2.75, 3.05) is 7.11 Å². The maximum absolute atomic E-state index is 13.8. The molecule has 0 bridgehead atoms. The van der Waals surface area contributed by atoms with Gasteiger partial charge in [0.25, 0.3) is 5.91 Å². The van der Waals surface area contributed by atoms with Crippen molar-refractivity contribution in [3.05, 3.63) is 69.5 Å². The van der Waals surface area contributed by atoms with Gasteiger partial charge in [0.15, 0.2) is 0 Å². The first-order valence-corrected chi connectivity index (χ1v) is 7.74. The van der Waals surface area contributed by atoms with Crippen LogP contribution in [0.25, 0.3) is 0 Å². The average molecular weight is 370 g/mol. The van der Waals surface area contributed by atoms with Gasteiger partial charge >= 0.3 is 5.97 Å². The Morgan fingerprint density at radius 2 is 1.75 bits per heavy atom. The van der Waals surface area contributed by atoms with Crippen LogP contribution in [0.4, 0.5) is 4.39 Å². The molecule has 0 heterocycles. The summed E-state index contributed by atoms with van der Waals surface area (Å²) in [6, 6.07) is 9.59. The lowest BCUT2D eigenvalue weighted by Gasteiger charge is -2.18. The Bertz CT molecular complexity index is 750. The molecule has 2 rings (SSSR count). The van der Waals surface area contributed by atoms with Crippen molar-refractivity contribution >= 4 is 35.1 Å². The molecule has 0 fully saturated rings. The standard InChI is InChI=1S/C17H14Cl2FNO3/c1-24-16(22)9-15(10-2-4-11(18)5-3-10)21-17(23)13-8-12(19)6-7-14(13)20/h2-8,15H,9H2,1H3,(H,21,23). The van der Waals surface area contributed by atoms with Crippen LogP contribution >= 0.6 is 23.2 Å². The molecule has 2 aromatic carbocycles. The van der Waals surface area contributed by atoms with E-state index in [0.717, 1.165) is 6.07 Å². The molecule has 0 saturated carbocycles. The molecule has 24 heavy (non-hydrogen) atoms. The molecule has 0 radical (unpaired) electrons. The minimum Gasteiger partial charge on any atom is -0.469 e. The first-order valence-electron chi connectivity index (χ1n) is 6.99. The van der Waals surface area contributed by atoms with E-state index in [1.807, 2.05) is 0 Å². The van der Waals surface area contributed by atoms with Crippen LogP contribution in [-0.2, 0) is 9.53 Å². The van der Waals surface area contributed by atoms with E-state index in [4.69, 9.17) is 23.2 Å². The van der Waals surface area contributed by atoms with E-state index in [0.29, 0.717) is 10.6 Å². The maximum atomic E-state index is 13.8. The van der Waals surface area contributed by atoms with Crippen molar-refractivity contribution in [1.29, 1.82) is 0 Å². The summed E-state index contributed by atoms with van der Waals surface area (Å²) in [5, 5.41) is 3.37. The lowest BCUT2D eigenvalue weighted by molar-refractivity contribution is -0.141. The van der Waals surface area contributed by atoms with E-state index in [1.165, 1.54) is 19.2 Å². The van der Waals surface area contributed by atoms with Crippen LogP contribution in [0.5, 0.6) is 0 Å². The Kier molecular flexibility index (Phi) is 6.17. The predicted octanol–water partition coefficient (Wildman–Crippen LogP) is 4.17. The normalized spacial score (nSPS) is 11.7. The second-order valence-corrected chi connectivity index (χ2v) is 5.85. The van der Waals surface area contributed by atoms with E-state index >= 15 is 0 Å². The first-order chi connectivity index (χ1) is 11.4. The molecule has 0 aliphatic carbocycles. The third kappa shape index (κ3) is 4.69. The van der Waals surface area contributed by atoms with E-state index in [2.05, 4.69) is 10.1 Å². The average Bonchev–Trinajstić information content (AvgIpc) is 2.56. The third-order valence-electron chi connectivity index (χ3n) is 3.35. The largest absolute Gasteiger partial charge is 0.469 e. The number of hydrogen-bond donors (Lipinski definition) is 1. The highest BCUT2D eigenvalue weighted by atomic mass is 35.5. The SMILES string of the molecule is COC(=O)CC(NC(=O)c1cc(Cl)ccc1F)c1ccc(Cl)cc1. The van der Waals surface area contributed by atoms with Gasteiger partial charge in [0.05, 0.1) is 25.1 Å². The Hall–Kier alpha value is -2.11. The summed E-state index contributed by atoms with van der Waals surface area (Å²) in [5.74, 6) is -1.90. The summed E-state index contributed by atoms with van der Waals surface area (Å²) in [6.45, 7) is 0. The van der Waals surface area contributed by atoms with Gasteiger partial charge in [-0.1, -0.05) is 35.3 Å². The smallest absolute Gasteiger partial charge is 0.307 e. The summed E-state index contributed by atoms with van der Waals surface area (Å²) in [5.41, 5.74) is 0.437. The van der Waals surface area contributed by atoms with Gasteiger partial charge in [0, 0.05) is 10.0 Å².